The zero-order chi connectivity index (χ0) is 24.4. The first-order valence-electron chi connectivity index (χ1n) is 10.9. The predicted molar refractivity (Wildman–Crippen MR) is 136 cm³/mol. The Morgan fingerprint density at radius 2 is 1.71 bits per heavy atom. The number of carbonyl (C=O) groups is 1. The summed E-state index contributed by atoms with van der Waals surface area (Å²) in [5.41, 5.74) is 4.91. The van der Waals surface area contributed by atoms with E-state index < -0.39 is 0 Å². The first-order chi connectivity index (χ1) is 16.3. The number of para-hydroxylation sites is 1. The van der Waals surface area contributed by atoms with E-state index in [4.69, 9.17) is 11.6 Å². The molecule has 0 radical (unpaired) electrons. The molecule has 4 rings (SSSR count). The maximum atomic E-state index is 13.0. The average molecular weight is 476 g/mol. The van der Waals surface area contributed by atoms with Crippen LogP contribution in [0.1, 0.15) is 28.2 Å². The molecule has 0 spiro atoms. The number of benzene rings is 2. The van der Waals surface area contributed by atoms with E-state index in [-0.39, 0.29) is 17.2 Å². The Kier molecular flexibility index (Phi) is 6.56. The van der Waals surface area contributed by atoms with Crippen LogP contribution in [-0.4, -0.2) is 25.1 Å². The molecule has 0 saturated heterocycles. The third-order valence-corrected chi connectivity index (χ3v) is 6.29. The number of rotatable bonds is 6. The summed E-state index contributed by atoms with van der Waals surface area (Å²) in [6, 6.07) is 17.0. The second-order valence-electron chi connectivity index (χ2n) is 8.09. The molecular weight excluding hydrogens is 450 g/mol. The van der Waals surface area contributed by atoms with Crippen molar-refractivity contribution < 1.29 is 4.79 Å². The molecule has 2 aromatic heterocycles. The third-order valence-electron chi connectivity index (χ3n) is 5.92. The molecule has 0 fully saturated rings. The Balaban J connectivity index is 1.55. The van der Waals surface area contributed by atoms with Gasteiger partial charge in [-0.15, -0.1) is 0 Å². The minimum absolute atomic E-state index is 0.254. The fourth-order valence-electron chi connectivity index (χ4n) is 3.93. The molecule has 0 aliphatic heterocycles. The van der Waals surface area contributed by atoms with Gasteiger partial charge in [0.15, 0.2) is 0 Å². The summed E-state index contributed by atoms with van der Waals surface area (Å²) in [6.07, 6.45) is 3.15. The van der Waals surface area contributed by atoms with Crippen LogP contribution in [0.5, 0.6) is 0 Å². The number of nitrogens with zero attached hydrogens (tertiary/aromatic N) is 4. The standard InChI is InChI=1S/C26H26ClN5O2/c1-17-22(18(2)31(29-17)16-20-10-8-9-13-23(20)27)14-15-24(33)28-25-19(3)30(4)32(26(25)34)21-11-6-5-7-12-21/h5-15H,16H2,1-4H3,(H,28,33). The zero-order valence-corrected chi connectivity index (χ0v) is 20.3. The summed E-state index contributed by atoms with van der Waals surface area (Å²) in [7, 11) is 1.79. The van der Waals surface area contributed by atoms with E-state index in [1.165, 1.54) is 10.8 Å². The van der Waals surface area contributed by atoms with E-state index in [1.807, 2.05) is 73.1 Å². The summed E-state index contributed by atoms with van der Waals surface area (Å²) in [4.78, 5) is 25.7. The van der Waals surface area contributed by atoms with Crippen LogP contribution < -0.4 is 10.9 Å². The molecule has 2 heterocycles. The van der Waals surface area contributed by atoms with Gasteiger partial charge in [-0.05, 0) is 50.6 Å². The van der Waals surface area contributed by atoms with Crippen LogP contribution >= 0.6 is 11.6 Å². The molecule has 1 amide bonds. The second kappa shape index (κ2) is 9.57. The van der Waals surface area contributed by atoms with Crippen molar-refractivity contribution in [2.75, 3.05) is 5.32 Å². The van der Waals surface area contributed by atoms with Gasteiger partial charge in [0, 0.05) is 29.4 Å². The fourth-order valence-corrected chi connectivity index (χ4v) is 4.13. The number of nitrogens with one attached hydrogen (secondary N) is 1. The predicted octanol–water partition coefficient (Wildman–Crippen LogP) is 4.65. The van der Waals surface area contributed by atoms with Gasteiger partial charge >= 0.3 is 0 Å². The molecule has 4 aromatic rings. The quantitative estimate of drug-likeness (QED) is 0.412. The smallest absolute Gasteiger partial charge is 0.295 e. The minimum Gasteiger partial charge on any atom is -0.316 e. The monoisotopic (exact) mass is 475 g/mol. The van der Waals surface area contributed by atoms with Gasteiger partial charge in [0.2, 0.25) is 5.91 Å². The van der Waals surface area contributed by atoms with E-state index in [0.717, 1.165) is 28.2 Å². The topological polar surface area (TPSA) is 73.8 Å². The Labute approximate surface area is 202 Å². The maximum Gasteiger partial charge on any atom is 0.295 e. The highest BCUT2D eigenvalue weighted by Crippen LogP contribution is 2.20. The summed E-state index contributed by atoms with van der Waals surface area (Å²) in [5, 5.41) is 8.04. The van der Waals surface area contributed by atoms with Crippen molar-refractivity contribution in [1.29, 1.82) is 0 Å². The molecule has 0 bridgehead atoms. The van der Waals surface area contributed by atoms with Crippen molar-refractivity contribution >= 4 is 29.3 Å². The zero-order valence-electron chi connectivity index (χ0n) is 19.5. The highest BCUT2D eigenvalue weighted by atomic mass is 35.5. The van der Waals surface area contributed by atoms with E-state index in [1.54, 1.807) is 24.7 Å². The molecule has 0 aliphatic carbocycles. The number of halogens is 1. The second-order valence-corrected chi connectivity index (χ2v) is 8.50. The van der Waals surface area contributed by atoms with Crippen LogP contribution in [0, 0.1) is 20.8 Å². The Hall–Kier alpha value is -3.84. The van der Waals surface area contributed by atoms with E-state index in [0.29, 0.717) is 17.3 Å². The number of hydrogen-bond donors (Lipinski definition) is 1. The third kappa shape index (κ3) is 4.47. The SMILES string of the molecule is Cc1nn(Cc2ccccc2Cl)c(C)c1C=CC(=O)Nc1c(C)n(C)n(-c2ccccc2)c1=O. The fraction of sp³-hybridized carbons (Fsp3) is 0.192. The number of aryl methyl sites for hydroxylation is 1. The van der Waals surface area contributed by atoms with Gasteiger partial charge in [-0.2, -0.15) is 5.10 Å². The molecule has 7 nitrogen and oxygen atoms in total. The van der Waals surface area contributed by atoms with Gasteiger partial charge in [0.05, 0.1) is 23.6 Å². The van der Waals surface area contributed by atoms with Gasteiger partial charge < -0.3 is 5.32 Å². The average Bonchev–Trinajstić information content (AvgIpc) is 3.20. The molecule has 174 valence electrons. The van der Waals surface area contributed by atoms with Crippen molar-refractivity contribution in [1.82, 2.24) is 19.1 Å². The van der Waals surface area contributed by atoms with Crippen molar-refractivity contribution in [3.63, 3.8) is 0 Å². The van der Waals surface area contributed by atoms with Crippen LogP contribution in [0.25, 0.3) is 11.8 Å². The van der Waals surface area contributed by atoms with Gasteiger partial charge in [-0.3, -0.25) is 19.0 Å². The molecule has 8 heteroatoms. The van der Waals surface area contributed by atoms with Crippen LogP contribution in [0.3, 0.4) is 0 Å². The largest absolute Gasteiger partial charge is 0.316 e. The molecule has 0 unspecified atom stereocenters. The summed E-state index contributed by atoms with van der Waals surface area (Å²) >= 11 is 6.29. The van der Waals surface area contributed by atoms with Gasteiger partial charge in [0.25, 0.3) is 5.56 Å². The molecule has 0 atom stereocenters. The molecule has 34 heavy (non-hydrogen) atoms. The Morgan fingerprint density at radius 1 is 1.03 bits per heavy atom. The lowest BCUT2D eigenvalue weighted by Gasteiger charge is -2.07. The lowest BCUT2D eigenvalue weighted by Crippen LogP contribution is -2.22. The van der Waals surface area contributed by atoms with Crippen LogP contribution in [0.4, 0.5) is 5.69 Å². The van der Waals surface area contributed by atoms with Crippen molar-refractivity contribution in [3.8, 4) is 5.69 Å². The van der Waals surface area contributed by atoms with Crippen molar-refractivity contribution in [2.24, 2.45) is 7.05 Å². The Morgan fingerprint density at radius 3 is 2.41 bits per heavy atom. The molecule has 0 aliphatic rings. The first-order valence-corrected chi connectivity index (χ1v) is 11.3. The number of hydrogen-bond acceptors (Lipinski definition) is 3. The van der Waals surface area contributed by atoms with Gasteiger partial charge in [-0.25, -0.2) is 4.68 Å². The lowest BCUT2D eigenvalue weighted by atomic mass is 10.1. The van der Waals surface area contributed by atoms with E-state index in [2.05, 4.69) is 10.4 Å². The number of anilines is 1. The molecule has 2 aromatic carbocycles. The Bertz CT molecular complexity index is 1440. The molecular formula is C26H26ClN5O2. The van der Waals surface area contributed by atoms with Crippen LogP contribution in [-0.2, 0) is 18.4 Å². The van der Waals surface area contributed by atoms with E-state index in [9.17, 15) is 9.59 Å². The first kappa shape index (κ1) is 23.3. The number of amides is 1. The summed E-state index contributed by atoms with van der Waals surface area (Å²) in [5.74, 6) is -0.385. The van der Waals surface area contributed by atoms with Crippen LogP contribution in [0.2, 0.25) is 5.02 Å². The molecule has 0 saturated carbocycles. The summed E-state index contributed by atoms with van der Waals surface area (Å²) < 4.78 is 5.12. The van der Waals surface area contributed by atoms with Crippen molar-refractivity contribution in [2.45, 2.75) is 27.3 Å². The molecule has 1 N–H and O–H groups in total. The highest BCUT2D eigenvalue weighted by molar-refractivity contribution is 6.31. The summed E-state index contributed by atoms with van der Waals surface area (Å²) in [6.45, 7) is 6.18. The number of aromatic nitrogens is 4. The van der Waals surface area contributed by atoms with Crippen molar-refractivity contribution in [3.05, 3.63) is 104 Å². The van der Waals surface area contributed by atoms with E-state index >= 15 is 0 Å². The minimum atomic E-state index is -0.385. The van der Waals surface area contributed by atoms with Crippen LogP contribution in [0.15, 0.2) is 65.5 Å². The highest BCUT2D eigenvalue weighted by Gasteiger charge is 2.17. The number of carbonyl (C=O) groups excluding carboxylic acids is 1. The van der Waals surface area contributed by atoms with Gasteiger partial charge in [0.1, 0.15) is 5.69 Å². The van der Waals surface area contributed by atoms with Gasteiger partial charge in [-0.1, -0.05) is 48.0 Å². The normalized spacial score (nSPS) is 11.3. The maximum absolute atomic E-state index is 13.0. The lowest BCUT2D eigenvalue weighted by molar-refractivity contribution is -0.111.